The van der Waals surface area contributed by atoms with E-state index in [-0.39, 0.29) is 11.4 Å². The molecule has 0 bridgehead atoms. The van der Waals surface area contributed by atoms with Crippen LogP contribution in [0, 0.1) is 10.8 Å². The van der Waals surface area contributed by atoms with E-state index in [1.165, 1.54) is 21.9 Å². The molecule has 0 saturated heterocycles. The van der Waals surface area contributed by atoms with Crippen molar-refractivity contribution in [2.24, 2.45) is 0 Å². The number of para-hydroxylation sites is 1. The van der Waals surface area contributed by atoms with Crippen LogP contribution >= 0.6 is 0 Å². The number of anilines is 3. The number of nitrogens with zero attached hydrogens (tertiary/aromatic N) is 1. The largest absolute Gasteiger partial charge is 0.310 e. The highest BCUT2D eigenvalue weighted by atomic mass is 15.1. The highest BCUT2D eigenvalue weighted by Crippen LogP contribution is 2.38. The van der Waals surface area contributed by atoms with Gasteiger partial charge in [0.25, 0.3) is 0 Å². The SMILES string of the molecule is N=C1C=Cc2ccc3ccc(N(c4ccccc4)c4ccc(-c5ccc6ccccc6c5)cc4)cc3c2C1=N. The van der Waals surface area contributed by atoms with Crippen LogP contribution in [0.5, 0.6) is 0 Å². The summed E-state index contributed by atoms with van der Waals surface area (Å²) < 4.78 is 0. The van der Waals surface area contributed by atoms with Gasteiger partial charge in [-0.1, -0.05) is 91.0 Å². The maximum absolute atomic E-state index is 8.63. The fraction of sp³-hybridized carbons (Fsp3) is 0. The lowest BCUT2D eigenvalue weighted by Gasteiger charge is -2.26. The molecule has 0 saturated carbocycles. The van der Waals surface area contributed by atoms with Gasteiger partial charge in [-0.2, -0.15) is 0 Å². The summed E-state index contributed by atoms with van der Waals surface area (Å²) in [7, 11) is 0. The van der Waals surface area contributed by atoms with Crippen LogP contribution in [0.1, 0.15) is 11.1 Å². The Labute approximate surface area is 227 Å². The molecule has 6 aromatic carbocycles. The number of hydrogen-bond donors (Lipinski definition) is 2. The Kier molecular flexibility index (Phi) is 5.42. The van der Waals surface area contributed by atoms with Gasteiger partial charge in [-0.05, 0) is 86.8 Å². The van der Waals surface area contributed by atoms with Crippen molar-refractivity contribution >= 4 is 56.1 Å². The third kappa shape index (κ3) is 4.01. The van der Waals surface area contributed by atoms with E-state index in [1.807, 2.05) is 18.2 Å². The molecule has 0 amide bonds. The van der Waals surface area contributed by atoms with E-state index in [1.54, 1.807) is 6.08 Å². The van der Waals surface area contributed by atoms with Crippen molar-refractivity contribution in [1.82, 2.24) is 0 Å². The molecule has 0 aromatic heterocycles. The number of fused-ring (bicyclic) bond motifs is 4. The summed E-state index contributed by atoms with van der Waals surface area (Å²) >= 11 is 0. The van der Waals surface area contributed by atoms with Crippen LogP contribution in [0.15, 0.2) is 133 Å². The molecule has 2 N–H and O–H groups in total. The smallest absolute Gasteiger partial charge is 0.0873 e. The molecule has 6 aromatic rings. The van der Waals surface area contributed by atoms with Gasteiger partial charge in [0, 0.05) is 22.6 Å². The Morgan fingerprint density at radius 3 is 1.92 bits per heavy atom. The van der Waals surface area contributed by atoms with Gasteiger partial charge in [-0.3, -0.25) is 10.8 Å². The number of nitrogens with one attached hydrogen (secondary N) is 2. The second kappa shape index (κ2) is 9.23. The van der Waals surface area contributed by atoms with Gasteiger partial charge in [0.2, 0.25) is 0 Å². The maximum atomic E-state index is 8.63. The predicted molar refractivity (Wildman–Crippen MR) is 165 cm³/mol. The second-order valence-corrected chi connectivity index (χ2v) is 9.84. The van der Waals surface area contributed by atoms with Crippen LogP contribution in [-0.4, -0.2) is 11.4 Å². The third-order valence-electron chi connectivity index (χ3n) is 7.47. The molecule has 0 spiro atoms. The highest BCUT2D eigenvalue weighted by Gasteiger charge is 2.19. The molecule has 1 aliphatic rings. The maximum Gasteiger partial charge on any atom is 0.0873 e. The number of hydrogen-bond acceptors (Lipinski definition) is 3. The Balaban J connectivity index is 1.35. The lowest BCUT2D eigenvalue weighted by atomic mass is 9.89. The molecule has 3 nitrogen and oxygen atoms in total. The standard InChI is InChI=1S/C36H25N3/c37-34-21-17-27-12-11-26-16-20-32(23-33(26)35(27)36(34)38)39(30-8-2-1-3-9-30)31-18-14-25(15-19-31)29-13-10-24-6-4-5-7-28(24)22-29/h1-23,37-38H. The Morgan fingerprint density at radius 1 is 0.462 bits per heavy atom. The molecule has 0 atom stereocenters. The van der Waals surface area contributed by atoms with E-state index in [9.17, 15) is 0 Å². The van der Waals surface area contributed by atoms with Gasteiger partial charge in [-0.15, -0.1) is 0 Å². The van der Waals surface area contributed by atoms with Crippen molar-refractivity contribution in [3.63, 3.8) is 0 Å². The predicted octanol–water partition coefficient (Wildman–Crippen LogP) is 9.54. The first-order valence-electron chi connectivity index (χ1n) is 13.0. The number of rotatable bonds is 4. The second-order valence-electron chi connectivity index (χ2n) is 9.84. The van der Waals surface area contributed by atoms with E-state index < -0.39 is 0 Å². The molecule has 0 aliphatic heterocycles. The molecule has 7 rings (SSSR count). The zero-order valence-corrected chi connectivity index (χ0v) is 21.2. The lowest BCUT2D eigenvalue weighted by molar-refractivity contribution is 1.29. The molecule has 0 heterocycles. The van der Waals surface area contributed by atoms with E-state index in [4.69, 9.17) is 10.8 Å². The Morgan fingerprint density at radius 2 is 1.10 bits per heavy atom. The number of benzene rings is 6. The van der Waals surface area contributed by atoms with Crippen molar-refractivity contribution in [2.75, 3.05) is 4.90 Å². The number of allylic oxidation sites excluding steroid dienone is 1. The molecule has 3 heteroatoms. The van der Waals surface area contributed by atoms with Crippen LogP contribution in [0.2, 0.25) is 0 Å². The molecule has 39 heavy (non-hydrogen) atoms. The average Bonchev–Trinajstić information content (AvgIpc) is 2.99. The minimum Gasteiger partial charge on any atom is -0.310 e. The van der Waals surface area contributed by atoms with Crippen molar-refractivity contribution in [3.8, 4) is 11.1 Å². The van der Waals surface area contributed by atoms with Crippen molar-refractivity contribution in [3.05, 3.63) is 145 Å². The zero-order chi connectivity index (χ0) is 26.3. The topological polar surface area (TPSA) is 50.9 Å². The van der Waals surface area contributed by atoms with E-state index >= 15 is 0 Å². The Bertz CT molecular complexity index is 1930. The first-order valence-corrected chi connectivity index (χ1v) is 13.0. The summed E-state index contributed by atoms with van der Waals surface area (Å²) in [6, 6.07) is 44.6. The van der Waals surface area contributed by atoms with Crippen molar-refractivity contribution < 1.29 is 0 Å². The van der Waals surface area contributed by atoms with Crippen LogP contribution in [0.3, 0.4) is 0 Å². The average molecular weight is 500 g/mol. The van der Waals surface area contributed by atoms with Gasteiger partial charge in [0.15, 0.2) is 0 Å². The first kappa shape index (κ1) is 22.9. The van der Waals surface area contributed by atoms with E-state index in [0.717, 1.165) is 39.0 Å². The molecule has 0 radical (unpaired) electrons. The van der Waals surface area contributed by atoms with E-state index in [0.29, 0.717) is 0 Å². The fourth-order valence-electron chi connectivity index (χ4n) is 5.47. The first-order chi connectivity index (χ1) is 19.2. The van der Waals surface area contributed by atoms with Crippen molar-refractivity contribution in [1.29, 1.82) is 10.8 Å². The summed E-state index contributed by atoms with van der Waals surface area (Å²) in [6.07, 6.45) is 3.63. The summed E-state index contributed by atoms with van der Waals surface area (Å²) in [4.78, 5) is 2.25. The fourth-order valence-corrected chi connectivity index (χ4v) is 5.47. The summed E-state index contributed by atoms with van der Waals surface area (Å²) in [6.45, 7) is 0. The highest BCUT2D eigenvalue weighted by molar-refractivity contribution is 6.53. The van der Waals surface area contributed by atoms with Crippen LogP contribution in [-0.2, 0) is 0 Å². The summed E-state index contributed by atoms with van der Waals surface area (Å²) in [5, 5.41) is 21.4. The molecule has 0 unspecified atom stereocenters. The van der Waals surface area contributed by atoms with Gasteiger partial charge in [0.05, 0.1) is 11.4 Å². The van der Waals surface area contributed by atoms with Crippen molar-refractivity contribution in [2.45, 2.75) is 0 Å². The normalized spacial score (nSPS) is 12.6. The monoisotopic (exact) mass is 499 g/mol. The van der Waals surface area contributed by atoms with Crippen LogP contribution < -0.4 is 4.90 Å². The zero-order valence-electron chi connectivity index (χ0n) is 21.2. The van der Waals surface area contributed by atoms with Gasteiger partial charge in [-0.25, -0.2) is 0 Å². The van der Waals surface area contributed by atoms with Gasteiger partial charge in [0.1, 0.15) is 0 Å². The molecular weight excluding hydrogens is 474 g/mol. The van der Waals surface area contributed by atoms with E-state index in [2.05, 4.69) is 120 Å². The third-order valence-corrected chi connectivity index (χ3v) is 7.47. The molecule has 1 aliphatic carbocycles. The summed E-state index contributed by atoms with van der Waals surface area (Å²) in [5.74, 6) is 0. The quantitative estimate of drug-likeness (QED) is 0.249. The lowest BCUT2D eigenvalue weighted by Crippen LogP contribution is -2.16. The molecule has 0 fully saturated rings. The minimum atomic E-state index is 0.240. The van der Waals surface area contributed by atoms with Crippen LogP contribution in [0.25, 0.3) is 38.7 Å². The Hall–Kier alpha value is -5.28. The van der Waals surface area contributed by atoms with Gasteiger partial charge >= 0.3 is 0 Å². The molecular formula is C36H25N3. The molecule has 184 valence electrons. The minimum absolute atomic E-state index is 0.240. The summed E-state index contributed by atoms with van der Waals surface area (Å²) in [5.41, 5.74) is 7.79. The van der Waals surface area contributed by atoms with Crippen LogP contribution in [0.4, 0.5) is 17.1 Å². The van der Waals surface area contributed by atoms with Gasteiger partial charge < -0.3 is 4.90 Å².